The molecule has 0 spiro atoms. The molecule has 4 N–H and O–H groups in total. The first-order chi connectivity index (χ1) is 12.0. The number of fused-ring (bicyclic) bond motifs is 1. The molecule has 6 heteroatoms. The highest BCUT2D eigenvalue weighted by atomic mass is 16.5. The average molecular weight is 340 g/mol. The maximum absolute atomic E-state index is 6.07. The van der Waals surface area contributed by atoms with Crippen LogP contribution in [0.3, 0.4) is 0 Å². The van der Waals surface area contributed by atoms with Crippen molar-refractivity contribution in [3.05, 3.63) is 41.7 Å². The molecule has 0 saturated carbocycles. The van der Waals surface area contributed by atoms with Crippen LogP contribution in [0.15, 0.2) is 34.9 Å². The van der Waals surface area contributed by atoms with Crippen molar-refractivity contribution in [1.82, 2.24) is 9.97 Å². The van der Waals surface area contributed by atoms with Gasteiger partial charge in [0.05, 0.1) is 18.8 Å². The van der Waals surface area contributed by atoms with Gasteiger partial charge in [0.25, 0.3) is 0 Å². The van der Waals surface area contributed by atoms with Crippen LogP contribution in [-0.2, 0) is 6.42 Å². The topological polar surface area (TPSA) is 100 Å². The fourth-order valence-electron chi connectivity index (χ4n) is 3.31. The predicted octanol–water partition coefficient (Wildman–Crippen LogP) is 3.77. The van der Waals surface area contributed by atoms with Gasteiger partial charge in [-0.2, -0.15) is 9.97 Å². The Morgan fingerprint density at radius 1 is 1.20 bits per heavy atom. The first-order valence-electron chi connectivity index (χ1n) is 8.47. The van der Waals surface area contributed by atoms with E-state index in [2.05, 4.69) is 29.9 Å². The fourth-order valence-corrected chi connectivity index (χ4v) is 3.31. The molecule has 0 radical (unpaired) electrons. The normalized spacial score (nSPS) is 13.7. The van der Waals surface area contributed by atoms with Crippen LogP contribution in [0, 0.1) is 5.92 Å². The number of nitrogen functional groups attached to an aromatic ring is 2. The van der Waals surface area contributed by atoms with E-state index in [9.17, 15) is 0 Å². The van der Waals surface area contributed by atoms with Gasteiger partial charge in [0.15, 0.2) is 0 Å². The summed E-state index contributed by atoms with van der Waals surface area (Å²) in [6.07, 6.45) is 3.53. The van der Waals surface area contributed by atoms with E-state index >= 15 is 0 Å². The Morgan fingerprint density at radius 2 is 1.96 bits per heavy atom. The number of hydrogen-bond donors (Lipinski definition) is 2. The lowest BCUT2D eigenvalue weighted by atomic mass is 9.81. The summed E-state index contributed by atoms with van der Waals surface area (Å²) in [7, 11) is 1.70. The summed E-state index contributed by atoms with van der Waals surface area (Å²) in [5.41, 5.74) is 14.3. The number of ether oxygens (including phenoxy) is 1. The second-order valence-electron chi connectivity index (χ2n) is 6.35. The Hall–Kier alpha value is -2.76. The van der Waals surface area contributed by atoms with Gasteiger partial charge in [-0.15, -0.1) is 0 Å². The minimum Gasteiger partial charge on any atom is -0.496 e. The molecule has 1 unspecified atom stereocenters. The predicted molar refractivity (Wildman–Crippen MR) is 99.5 cm³/mol. The molecule has 6 nitrogen and oxygen atoms in total. The number of rotatable bonds is 6. The molecule has 0 bridgehead atoms. The van der Waals surface area contributed by atoms with Crippen LogP contribution in [0.4, 0.5) is 11.8 Å². The third-order valence-corrected chi connectivity index (χ3v) is 4.86. The van der Waals surface area contributed by atoms with Gasteiger partial charge in [0, 0.05) is 5.56 Å². The SMILES string of the molecule is CC[C@@H](C)C(Cc1coc2nc(N)nc(N)c12)c1ccccc1OC. The van der Waals surface area contributed by atoms with Crippen LogP contribution >= 0.6 is 0 Å². The lowest BCUT2D eigenvalue weighted by molar-refractivity contribution is 0.384. The molecule has 0 aliphatic carbocycles. The molecule has 2 atom stereocenters. The van der Waals surface area contributed by atoms with Gasteiger partial charge < -0.3 is 20.6 Å². The van der Waals surface area contributed by atoms with Crippen molar-refractivity contribution in [2.24, 2.45) is 5.92 Å². The van der Waals surface area contributed by atoms with E-state index in [0.717, 1.165) is 29.5 Å². The monoisotopic (exact) mass is 340 g/mol. The van der Waals surface area contributed by atoms with E-state index in [1.54, 1.807) is 13.4 Å². The highest BCUT2D eigenvalue weighted by molar-refractivity contribution is 5.88. The van der Waals surface area contributed by atoms with Gasteiger partial charge in [-0.3, -0.25) is 0 Å². The molecule has 2 aromatic heterocycles. The third-order valence-electron chi connectivity index (χ3n) is 4.86. The van der Waals surface area contributed by atoms with E-state index in [4.69, 9.17) is 20.6 Å². The van der Waals surface area contributed by atoms with Crippen LogP contribution in [0.1, 0.15) is 37.3 Å². The minimum absolute atomic E-state index is 0.120. The molecular formula is C19H24N4O2. The first kappa shape index (κ1) is 17.1. The summed E-state index contributed by atoms with van der Waals surface area (Å²) in [5.74, 6) is 2.09. The smallest absolute Gasteiger partial charge is 0.233 e. The number of furan rings is 1. The first-order valence-corrected chi connectivity index (χ1v) is 8.47. The van der Waals surface area contributed by atoms with Crippen LogP contribution in [0.25, 0.3) is 11.1 Å². The van der Waals surface area contributed by atoms with Gasteiger partial charge >= 0.3 is 0 Å². The van der Waals surface area contributed by atoms with E-state index in [1.165, 1.54) is 5.56 Å². The van der Waals surface area contributed by atoms with E-state index in [1.807, 2.05) is 18.2 Å². The zero-order valence-corrected chi connectivity index (χ0v) is 14.8. The number of aromatic nitrogens is 2. The van der Waals surface area contributed by atoms with Crippen molar-refractivity contribution in [2.75, 3.05) is 18.6 Å². The van der Waals surface area contributed by atoms with Crippen molar-refractivity contribution in [3.63, 3.8) is 0 Å². The summed E-state index contributed by atoms with van der Waals surface area (Å²) >= 11 is 0. The number of para-hydroxylation sites is 1. The third kappa shape index (κ3) is 3.24. The van der Waals surface area contributed by atoms with Crippen molar-refractivity contribution < 1.29 is 9.15 Å². The van der Waals surface area contributed by atoms with Gasteiger partial charge in [0.2, 0.25) is 11.7 Å². The van der Waals surface area contributed by atoms with Crippen LogP contribution in [0.5, 0.6) is 5.75 Å². The number of anilines is 2. The maximum atomic E-state index is 6.07. The average Bonchev–Trinajstić information content (AvgIpc) is 3.01. The summed E-state index contributed by atoms with van der Waals surface area (Å²) in [6, 6.07) is 8.14. The van der Waals surface area contributed by atoms with Crippen LogP contribution in [-0.4, -0.2) is 17.1 Å². The molecule has 1 aromatic carbocycles. The summed E-state index contributed by atoms with van der Waals surface area (Å²) < 4.78 is 11.2. The number of benzene rings is 1. The van der Waals surface area contributed by atoms with E-state index in [0.29, 0.717) is 17.4 Å². The molecule has 0 amide bonds. The lowest BCUT2D eigenvalue weighted by Gasteiger charge is -2.25. The molecule has 132 valence electrons. The molecule has 0 saturated heterocycles. The minimum atomic E-state index is 0.120. The number of hydrogen-bond acceptors (Lipinski definition) is 6. The summed E-state index contributed by atoms with van der Waals surface area (Å²) in [5, 5.41) is 0.748. The Morgan fingerprint density at radius 3 is 2.68 bits per heavy atom. The lowest BCUT2D eigenvalue weighted by Crippen LogP contribution is -2.13. The van der Waals surface area contributed by atoms with E-state index < -0.39 is 0 Å². The molecule has 0 fully saturated rings. The molecule has 0 aliphatic heterocycles. The largest absolute Gasteiger partial charge is 0.496 e. The summed E-state index contributed by atoms with van der Waals surface area (Å²) in [4.78, 5) is 8.20. The number of methoxy groups -OCH3 is 1. The van der Waals surface area contributed by atoms with Gasteiger partial charge in [-0.25, -0.2) is 0 Å². The Kier molecular flexibility index (Phi) is 4.79. The summed E-state index contributed by atoms with van der Waals surface area (Å²) in [6.45, 7) is 4.44. The number of nitrogens with zero attached hydrogens (tertiary/aromatic N) is 2. The number of nitrogens with two attached hydrogens (primary N) is 2. The van der Waals surface area contributed by atoms with Gasteiger partial charge in [0.1, 0.15) is 11.6 Å². The quantitative estimate of drug-likeness (QED) is 0.708. The van der Waals surface area contributed by atoms with Crippen molar-refractivity contribution in [2.45, 2.75) is 32.6 Å². The molecule has 3 aromatic rings. The van der Waals surface area contributed by atoms with Crippen molar-refractivity contribution >= 4 is 22.9 Å². The Balaban J connectivity index is 2.05. The molecule has 3 rings (SSSR count). The molecule has 2 heterocycles. The molecule has 25 heavy (non-hydrogen) atoms. The fraction of sp³-hybridized carbons (Fsp3) is 0.368. The van der Waals surface area contributed by atoms with Crippen LogP contribution in [0.2, 0.25) is 0 Å². The zero-order chi connectivity index (χ0) is 18.0. The van der Waals surface area contributed by atoms with Crippen molar-refractivity contribution in [3.8, 4) is 5.75 Å². The van der Waals surface area contributed by atoms with Gasteiger partial charge in [-0.1, -0.05) is 38.5 Å². The maximum Gasteiger partial charge on any atom is 0.233 e. The molecule has 0 aliphatic rings. The highest BCUT2D eigenvalue weighted by Crippen LogP contribution is 2.38. The highest BCUT2D eigenvalue weighted by Gasteiger charge is 2.24. The van der Waals surface area contributed by atoms with E-state index in [-0.39, 0.29) is 11.9 Å². The van der Waals surface area contributed by atoms with Crippen LogP contribution < -0.4 is 16.2 Å². The molecular weight excluding hydrogens is 316 g/mol. The van der Waals surface area contributed by atoms with Crippen molar-refractivity contribution in [1.29, 1.82) is 0 Å². The Bertz CT molecular complexity index is 875. The standard InChI is InChI=1S/C19H24N4O2/c1-4-11(2)14(13-7-5-6-8-15(13)24-3)9-12-10-25-18-16(12)17(20)22-19(21)23-18/h5-8,10-11,14H,4,9H2,1-3H3,(H4,20,21,22,23)/t11-,14?/m1/s1. The zero-order valence-electron chi connectivity index (χ0n) is 14.8. The Labute approximate surface area is 147 Å². The second kappa shape index (κ2) is 7.01. The van der Waals surface area contributed by atoms with Gasteiger partial charge in [-0.05, 0) is 29.9 Å². The second-order valence-corrected chi connectivity index (χ2v) is 6.35.